The molecule has 2 aromatic carbocycles. The van der Waals surface area contributed by atoms with Crippen LogP contribution >= 0.6 is 0 Å². The summed E-state index contributed by atoms with van der Waals surface area (Å²) in [6.07, 6.45) is 2.63. The lowest BCUT2D eigenvalue weighted by atomic mass is 9.90. The third kappa shape index (κ3) is 5.79. The van der Waals surface area contributed by atoms with Gasteiger partial charge in [0.2, 0.25) is 0 Å². The van der Waals surface area contributed by atoms with Crippen LogP contribution in [0, 0.1) is 11.7 Å². The molecule has 1 amide bonds. The van der Waals surface area contributed by atoms with Crippen molar-refractivity contribution < 1.29 is 13.9 Å². The van der Waals surface area contributed by atoms with Gasteiger partial charge in [0.1, 0.15) is 11.6 Å². The number of hydrogen-bond donors (Lipinski definition) is 0. The highest BCUT2D eigenvalue weighted by atomic mass is 19.1. The van der Waals surface area contributed by atoms with Crippen molar-refractivity contribution in [3.05, 3.63) is 65.5 Å². The van der Waals surface area contributed by atoms with E-state index in [2.05, 4.69) is 43.3 Å². The molecule has 0 radical (unpaired) electrons. The van der Waals surface area contributed by atoms with E-state index < -0.39 is 0 Å². The van der Waals surface area contributed by atoms with E-state index in [0.717, 1.165) is 25.8 Å². The SMILES string of the molecule is CN(C)Cc1ccc(CC2CCN(C(=O)Oc3ccc(F)cc3)CC2)cc1. The molecule has 5 heteroatoms. The van der Waals surface area contributed by atoms with Gasteiger partial charge in [-0.05, 0) is 74.7 Å². The van der Waals surface area contributed by atoms with Crippen LogP contribution < -0.4 is 4.74 Å². The second kappa shape index (κ2) is 9.00. The Hall–Kier alpha value is -2.40. The zero-order valence-electron chi connectivity index (χ0n) is 16.0. The molecule has 2 aromatic rings. The number of carbonyl (C=O) groups excluding carboxylic acids is 1. The second-order valence-corrected chi connectivity index (χ2v) is 7.51. The molecule has 27 heavy (non-hydrogen) atoms. The second-order valence-electron chi connectivity index (χ2n) is 7.51. The Balaban J connectivity index is 1.45. The van der Waals surface area contributed by atoms with E-state index in [-0.39, 0.29) is 11.9 Å². The van der Waals surface area contributed by atoms with Crippen LogP contribution in [0.25, 0.3) is 0 Å². The molecule has 1 saturated heterocycles. The third-order valence-electron chi connectivity index (χ3n) is 4.94. The lowest BCUT2D eigenvalue weighted by Crippen LogP contribution is -2.40. The van der Waals surface area contributed by atoms with Gasteiger partial charge in [-0.2, -0.15) is 0 Å². The molecule has 0 saturated carbocycles. The first-order valence-corrected chi connectivity index (χ1v) is 9.44. The molecule has 0 atom stereocenters. The first-order chi connectivity index (χ1) is 13.0. The van der Waals surface area contributed by atoms with Crippen LogP contribution in [0.15, 0.2) is 48.5 Å². The molecule has 0 aromatic heterocycles. The topological polar surface area (TPSA) is 32.8 Å². The number of rotatable bonds is 5. The number of amides is 1. The fourth-order valence-corrected chi connectivity index (χ4v) is 3.47. The monoisotopic (exact) mass is 370 g/mol. The van der Waals surface area contributed by atoms with E-state index in [4.69, 9.17) is 4.74 Å². The first-order valence-electron chi connectivity index (χ1n) is 9.44. The summed E-state index contributed by atoms with van der Waals surface area (Å²) in [5.74, 6) is 0.617. The third-order valence-corrected chi connectivity index (χ3v) is 4.94. The van der Waals surface area contributed by atoms with Gasteiger partial charge in [-0.3, -0.25) is 0 Å². The normalized spacial score (nSPS) is 15.2. The molecular weight excluding hydrogens is 343 g/mol. The summed E-state index contributed by atoms with van der Waals surface area (Å²) in [5.41, 5.74) is 2.67. The van der Waals surface area contributed by atoms with E-state index in [0.29, 0.717) is 24.8 Å². The number of benzene rings is 2. The predicted molar refractivity (Wildman–Crippen MR) is 104 cm³/mol. The lowest BCUT2D eigenvalue weighted by molar-refractivity contribution is 0.131. The van der Waals surface area contributed by atoms with Crippen molar-refractivity contribution in [3.8, 4) is 5.75 Å². The van der Waals surface area contributed by atoms with Gasteiger partial charge >= 0.3 is 6.09 Å². The van der Waals surface area contributed by atoms with E-state index in [1.807, 2.05) is 0 Å². The van der Waals surface area contributed by atoms with Crippen LogP contribution in [-0.4, -0.2) is 43.1 Å². The number of likely N-dealkylation sites (tertiary alicyclic amines) is 1. The molecule has 1 aliphatic heterocycles. The van der Waals surface area contributed by atoms with Gasteiger partial charge in [0.05, 0.1) is 0 Å². The van der Waals surface area contributed by atoms with Crippen molar-refractivity contribution in [2.24, 2.45) is 5.92 Å². The average Bonchev–Trinajstić information content (AvgIpc) is 2.65. The van der Waals surface area contributed by atoms with Gasteiger partial charge in [0.15, 0.2) is 0 Å². The zero-order chi connectivity index (χ0) is 19.2. The van der Waals surface area contributed by atoms with Crippen molar-refractivity contribution in [1.82, 2.24) is 9.80 Å². The standard InChI is InChI=1S/C22H27FN2O2/c1-24(2)16-19-5-3-17(4-6-19)15-18-11-13-25(14-12-18)22(26)27-21-9-7-20(23)8-10-21/h3-10,18H,11-16H2,1-2H3. The quantitative estimate of drug-likeness (QED) is 0.785. The Kier molecular flexibility index (Phi) is 6.45. The molecule has 1 fully saturated rings. The average molecular weight is 370 g/mol. The summed E-state index contributed by atoms with van der Waals surface area (Å²) in [6.45, 7) is 2.35. The highest BCUT2D eigenvalue weighted by molar-refractivity contribution is 5.70. The first kappa shape index (κ1) is 19.4. The fourth-order valence-electron chi connectivity index (χ4n) is 3.47. The van der Waals surface area contributed by atoms with Gasteiger partial charge in [0.25, 0.3) is 0 Å². The Labute approximate surface area is 160 Å². The van der Waals surface area contributed by atoms with Crippen LogP contribution in [0.5, 0.6) is 5.75 Å². The minimum atomic E-state index is -0.354. The molecule has 0 aliphatic carbocycles. The van der Waals surface area contributed by atoms with Crippen molar-refractivity contribution in [3.63, 3.8) is 0 Å². The number of ether oxygens (including phenoxy) is 1. The van der Waals surface area contributed by atoms with Crippen LogP contribution in [0.2, 0.25) is 0 Å². The fraction of sp³-hybridized carbons (Fsp3) is 0.409. The van der Waals surface area contributed by atoms with Crippen molar-refractivity contribution in [1.29, 1.82) is 0 Å². The summed E-state index contributed by atoms with van der Waals surface area (Å²) >= 11 is 0. The van der Waals surface area contributed by atoms with Crippen LogP contribution in [-0.2, 0) is 13.0 Å². The highest BCUT2D eigenvalue weighted by Gasteiger charge is 2.24. The molecule has 4 nitrogen and oxygen atoms in total. The summed E-state index contributed by atoms with van der Waals surface area (Å²) < 4.78 is 18.2. The van der Waals surface area contributed by atoms with Gasteiger partial charge < -0.3 is 14.5 Å². The maximum Gasteiger partial charge on any atom is 0.415 e. The van der Waals surface area contributed by atoms with Gasteiger partial charge in [-0.1, -0.05) is 24.3 Å². The van der Waals surface area contributed by atoms with Crippen LogP contribution in [0.4, 0.5) is 9.18 Å². The maximum atomic E-state index is 12.9. The lowest BCUT2D eigenvalue weighted by Gasteiger charge is -2.31. The van der Waals surface area contributed by atoms with Gasteiger partial charge in [-0.15, -0.1) is 0 Å². The smallest absolute Gasteiger partial charge is 0.410 e. The van der Waals surface area contributed by atoms with Crippen LogP contribution in [0.1, 0.15) is 24.0 Å². The summed E-state index contributed by atoms with van der Waals surface area (Å²) in [7, 11) is 4.14. The molecule has 0 N–H and O–H groups in total. The molecule has 0 spiro atoms. The Morgan fingerprint density at radius 1 is 1.04 bits per heavy atom. The number of nitrogens with zero attached hydrogens (tertiary/aromatic N) is 2. The molecule has 0 unspecified atom stereocenters. The predicted octanol–water partition coefficient (Wildman–Crippen LogP) is 4.34. The van der Waals surface area contributed by atoms with E-state index in [9.17, 15) is 9.18 Å². The number of carbonyl (C=O) groups is 1. The van der Waals surface area contributed by atoms with Gasteiger partial charge in [0, 0.05) is 19.6 Å². The summed E-state index contributed by atoms with van der Waals surface area (Å²) in [6, 6.07) is 14.4. The summed E-state index contributed by atoms with van der Waals surface area (Å²) in [5, 5.41) is 0. The Bertz CT molecular complexity index is 736. The minimum Gasteiger partial charge on any atom is -0.410 e. The minimum absolute atomic E-state index is 0.342. The largest absolute Gasteiger partial charge is 0.415 e. The number of halogens is 1. The number of hydrogen-bond acceptors (Lipinski definition) is 3. The molecular formula is C22H27FN2O2. The van der Waals surface area contributed by atoms with Crippen molar-refractivity contribution in [2.75, 3.05) is 27.2 Å². The van der Waals surface area contributed by atoms with Crippen molar-refractivity contribution in [2.45, 2.75) is 25.8 Å². The Morgan fingerprint density at radius 3 is 2.22 bits per heavy atom. The van der Waals surface area contributed by atoms with E-state index in [1.165, 1.54) is 35.4 Å². The zero-order valence-corrected chi connectivity index (χ0v) is 16.0. The van der Waals surface area contributed by atoms with E-state index in [1.54, 1.807) is 4.90 Å². The van der Waals surface area contributed by atoms with Crippen LogP contribution in [0.3, 0.4) is 0 Å². The molecule has 3 rings (SSSR count). The van der Waals surface area contributed by atoms with Gasteiger partial charge in [-0.25, -0.2) is 9.18 Å². The molecule has 0 bridgehead atoms. The highest BCUT2D eigenvalue weighted by Crippen LogP contribution is 2.23. The van der Waals surface area contributed by atoms with E-state index >= 15 is 0 Å². The molecule has 144 valence electrons. The Morgan fingerprint density at radius 2 is 1.63 bits per heavy atom. The molecule has 1 heterocycles. The molecule has 1 aliphatic rings. The summed E-state index contributed by atoms with van der Waals surface area (Å²) in [4.78, 5) is 16.1. The maximum absolute atomic E-state index is 12.9. The van der Waals surface area contributed by atoms with Crippen molar-refractivity contribution >= 4 is 6.09 Å². The number of piperidine rings is 1.